The second-order valence-corrected chi connectivity index (χ2v) is 5.87. The molecular formula is C17H15ClN4O2. The summed E-state index contributed by atoms with van der Waals surface area (Å²) in [5.41, 5.74) is 14.0. The van der Waals surface area contributed by atoms with Gasteiger partial charge in [0.2, 0.25) is 0 Å². The molecule has 1 unspecified atom stereocenters. The van der Waals surface area contributed by atoms with Crippen molar-refractivity contribution in [2.45, 2.75) is 13.0 Å². The third-order valence-electron chi connectivity index (χ3n) is 3.82. The summed E-state index contributed by atoms with van der Waals surface area (Å²) in [5.74, 6) is -0.736. The monoisotopic (exact) mass is 342 g/mol. The van der Waals surface area contributed by atoms with Crippen molar-refractivity contribution in [2.75, 3.05) is 5.73 Å². The molecule has 6 nitrogen and oxygen atoms in total. The number of benzene rings is 2. The highest BCUT2D eigenvalue weighted by Crippen LogP contribution is 2.36. The molecule has 5 N–H and O–H groups in total. The Morgan fingerprint density at radius 2 is 1.96 bits per heavy atom. The van der Waals surface area contributed by atoms with Crippen LogP contribution in [0.1, 0.15) is 29.1 Å². The first-order valence-electron chi connectivity index (χ1n) is 7.22. The Bertz CT molecular complexity index is 957. The number of aliphatic hydroxyl groups is 1. The number of nitrogen functional groups attached to an aromatic ring is 1. The molecular weight excluding hydrogens is 328 g/mol. The molecule has 0 aliphatic heterocycles. The highest BCUT2D eigenvalue weighted by Gasteiger charge is 2.17. The van der Waals surface area contributed by atoms with Gasteiger partial charge in [-0.15, -0.1) is 10.2 Å². The van der Waals surface area contributed by atoms with Crippen molar-refractivity contribution >= 4 is 34.1 Å². The van der Waals surface area contributed by atoms with E-state index in [4.69, 9.17) is 23.1 Å². The molecule has 0 aliphatic carbocycles. The minimum absolute atomic E-state index is 0.0681. The number of hydrogen-bond acceptors (Lipinski definition) is 5. The molecule has 3 rings (SSSR count). The van der Waals surface area contributed by atoms with E-state index in [0.717, 1.165) is 5.56 Å². The van der Waals surface area contributed by atoms with Crippen molar-refractivity contribution in [2.24, 2.45) is 5.73 Å². The maximum atomic E-state index is 11.4. The van der Waals surface area contributed by atoms with Gasteiger partial charge in [-0.05, 0) is 30.2 Å². The molecule has 0 aliphatic rings. The fraction of sp³-hybridized carbons (Fsp3) is 0.118. The van der Waals surface area contributed by atoms with Gasteiger partial charge in [0.25, 0.3) is 5.91 Å². The van der Waals surface area contributed by atoms with E-state index in [0.29, 0.717) is 27.1 Å². The number of aliphatic hydroxyl groups excluding tert-OH is 1. The molecule has 7 heteroatoms. The van der Waals surface area contributed by atoms with Gasteiger partial charge in [0.15, 0.2) is 5.69 Å². The lowest BCUT2D eigenvalue weighted by atomic mass is 9.94. The average molecular weight is 343 g/mol. The zero-order chi connectivity index (χ0) is 17.4. The van der Waals surface area contributed by atoms with Crippen LogP contribution >= 0.6 is 11.6 Å². The highest BCUT2D eigenvalue weighted by molar-refractivity contribution is 6.31. The number of aromatic nitrogens is 2. The van der Waals surface area contributed by atoms with Gasteiger partial charge < -0.3 is 16.6 Å². The molecule has 0 saturated heterocycles. The zero-order valence-electron chi connectivity index (χ0n) is 12.8. The number of rotatable bonds is 3. The minimum Gasteiger partial charge on any atom is -0.396 e. The molecule has 0 spiro atoms. The van der Waals surface area contributed by atoms with Crippen LogP contribution in [-0.4, -0.2) is 21.2 Å². The highest BCUT2D eigenvalue weighted by atomic mass is 35.5. The Balaban J connectivity index is 2.35. The maximum Gasteiger partial charge on any atom is 0.271 e. The molecule has 1 atom stereocenters. The topological polar surface area (TPSA) is 115 Å². The van der Waals surface area contributed by atoms with Gasteiger partial charge in [-0.2, -0.15) is 0 Å². The fourth-order valence-electron chi connectivity index (χ4n) is 2.68. The van der Waals surface area contributed by atoms with Gasteiger partial charge in [-0.25, -0.2) is 0 Å². The van der Waals surface area contributed by atoms with Crippen LogP contribution in [0.3, 0.4) is 0 Å². The number of amides is 1. The van der Waals surface area contributed by atoms with E-state index in [-0.39, 0.29) is 11.4 Å². The van der Waals surface area contributed by atoms with E-state index >= 15 is 0 Å². The van der Waals surface area contributed by atoms with Crippen molar-refractivity contribution < 1.29 is 9.90 Å². The molecule has 24 heavy (non-hydrogen) atoms. The number of carbonyl (C=O) groups excluding carboxylic acids is 1. The summed E-state index contributed by atoms with van der Waals surface area (Å²) in [6, 6.07) is 10.6. The van der Waals surface area contributed by atoms with Crippen molar-refractivity contribution in [3.63, 3.8) is 0 Å². The predicted octanol–water partition coefficient (Wildman–Crippen LogP) is 2.68. The normalized spacial score (nSPS) is 12.3. The lowest BCUT2D eigenvalue weighted by Crippen LogP contribution is -2.16. The summed E-state index contributed by atoms with van der Waals surface area (Å²) in [4.78, 5) is 11.4. The second-order valence-electron chi connectivity index (χ2n) is 5.44. The molecule has 0 fully saturated rings. The van der Waals surface area contributed by atoms with Crippen molar-refractivity contribution in [3.05, 3.63) is 52.7 Å². The maximum absolute atomic E-state index is 11.4. The molecule has 0 saturated carbocycles. The Morgan fingerprint density at radius 3 is 2.62 bits per heavy atom. The summed E-state index contributed by atoms with van der Waals surface area (Å²) < 4.78 is 0. The van der Waals surface area contributed by atoms with Gasteiger partial charge in [-0.1, -0.05) is 35.9 Å². The average Bonchev–Trinajstić information content (AvgIpc) is 2.54. The standard InChI is InChI=1S/C17H15ClN4O2/c1-8(23)10-6-5-9(18)7-13(10)11-3-2-4-12-14(19)16(17(20)24)22-21-15(11)12/h2-8,23H,1H3,(H2,19,21)(H2,20,24). The number of anilines is 1. The van der Waals surface area contributed by atoms with E-state index in [9.17, 15) is 9.90 Å². The molecule has 0 bridgehead atoms. The van der Waals surface area contributed by atoms with Crippen molar-refractivity contribution in [3.8, 4) is 11.1 Å². The van der Waals surface area contributed by atoms with Crippen LogP contribution in [0.4, 0.5) is 5.69 Å². The third-order valence-corrected chi connectivity index (χ3v) is 4.06. The van der Waals surface area contributed by atoms with Crippen LogP contribution in [0.2, 0.25) is 5.02 Å². The van der Waals surface area contributed by atoms with Gasteiger partial charge in [0.1, 0.15) is 5.52 Å². The summed E-state index contributed by atoms with van der Waals surface area (Å²) >= 11 is 6.12. The Morgan fingerprint density at radius 1 is 1.21 bits per heavy atom. The van der Waals surface area contributed by atoms with Gasteiger partial charge in [-0.3, -0.25) is 4.79 Å². The van der Waals surface area contributed by atoms with Crippen LogP contribution in [0.15, 0.2) is 36.4 Å². The summed E-state index contributed by atoms with van der Waals surface area (Å²) in [6.07, 6.45) is -0.692. The predicted molar refractivity (Wildman–Crippen MR) is 93.5 cm³/mol. The first-order valence-corrected chi connectivity index (χ1v) is 7.60. The minimum atomic E-state index is -0.736. The number of halogens is 1. The Hall–Kier alpha value is -2.70. The molecule has 1 heterocycles. The summed E-state index contributed by atoms with van der Waals surface area (Å²) in [5, 5.41) is 19.1. The van der Waals surface area contributed by atoms with E-state index in [1.807, 2.05) is 6.07 Å². The van der Waals surface area contributed by atoms with Crippen molar-refractivity contribution in [1.82, 2.24) is 10.2 Å². The SMILES string of the molecule is CC(O)c1ccc(Cl)cc1-c1cccc2c(N)c(C(N)=O)nnc12. The largest absolute Gasteiger partial charge is 0.396 e. The van der Waals surface area contributed by atoms with Crippen LogP contribution in [0.5, 0.6) is 0 Å². The van der Waals surface area contributed by atoms with Crippen molar-refractivity contribution in [1.29, 1.82) is 0 Å². The Labute approximate surface area is 143 Å². The van der Waals surface area contributed by atoms with E-state index in [2.05, 4.69) is 10.2 Å². The number of carbonyl (C=O) groups is 1. The number of hydrogen-bond donors (Lipinski definition) is 3. The third kappa shape index (κ3) is 2.66. The first-order chi connectivity index (χ1) is 11.4. The number of primary amides is 1. The molecule has 1 amide bonds. The zero-order valence-corrected chi connectivity index (χ0v) is 13.6. The van der Waals surface area contributed by atoms with Crippen LogP contribution in [0.25, 0.3) is 22.0 Å². The van der Waals surface area contributed by atoms with Gasteiger partial charge in [0, 0.05) is 16.0 Å². The molecule has 3 aromatic rings. The quantitative estimate of drug-likeness (QED) is 0.676. The van der Waals surface area contributed by atoms with Crippen LogP contribution in [0, 0.1) is 0 Å². The molecule has 1 aromatic heterocycles. The molecule has 122 valence electrons. The fourth-order valence-corrected chi connectivity index (χ4v) is 2.85. The lowest BCUT2D eigenvalue weighted by molar-refractivity contribution is 0.0995. The van der Waals surface area contributed by atoms with Gasteiger partial charge in [0.05, 0.1) is 11.8 Å². The van der Waals surface area contributed by atoms with E-state index < -0.39 is 12.0 Å². The molecule has 0 radical (unpaired) electrons. The van der Waals surface area contributed by atoms with Crippen LogP contribution < -0.4 is 11.5 Å². The molecule has 2 aromatic carbocycles. The number of fused-ring (bicyclic) bond motifs is 1. The summed E-state index contributed by atoms with van der Waals surface area (Å²) in [7, 11) is 0. The van der Waals surface area contributed by atoms with Gasteiger partial charge >= 0.3 is 0 Å². The first kappa shape index (κ1) is 16.2. The summed E-state index contributed by atoms with van der Waals surface area (Å²) in [6.45, 7) is 1.67. The van der Waals surface area contributed by atoms with E-state index in [1.54, 1.807) is 37.3 Å². The smallest absolute Gasteiger partial charge is 0.271 e. The number of nitrogens with zero attached hydrogens (tertiary/aromatic N) is 2. The van der Waals surface area contributed by atoms with E-state index in [1.165, 1.54) is 0 Å². The second kappa shape index (κ2) is 6.07. The number of nitrogens with two attached hydrogens (primary N) is 2. The Kier molecular flexibility index (Phi) is 4.09. The lowest BCUT2D eigenvalue weighted by Gasteiger charge is -2.15. The van der Waals surface area contributed by atoms with Crippen LogP contribution in [-0.2, 0) is 0 Å².